The molecule has 0 saturated carbocycles. The molecule has 1 heterocycles. The zero-order chi connectivity index (χ0) is 17.8. The standard InChI is InChI=1S/C20H21NO3S/c1-5-24-15-8-6-14(7-9-15)20-21-19(13(2)25-20)17-11-10-16(22-3)12-18(17)23-4/h6-12H,5H2,1-4H3. The van der Waals surface area contributed by atoms with Crippen molar-refractivity contribution in [3.8, 4) is 39.1 Å². The molecule has 0 amide bonds. The maximum atomic E-state index is 5.52. The molecular formula is C20H21NO3S. The van der Waals surface area contributed by atoms with Gasteiger partial charge in [0.05, 0.1) is 26.5 Å². The summed E-state index contributed by atoms with van der Waals surface area (Å²) in [5.41, 5.74) is 2.98. The zero-order valence-electron chi connectivity index (χ0n) is 14.8. The number of hydrogen-bond donors (Lipinski definition) is 0. The third-order valence-electron chi connectivity index (χ3n) is 3.87. The van der Waals surface area contributed by atoms with E-state index in [1.54, 1.807) is 25.6 Å². The lowest BCUT2D eigenvalue weighted by Crippen LogP contribution is -1.92. The van der Waals surface area contributed by atoms with Crippen molar-refractivity contribution >= 4 is 11.3 Å². The van der Waals surface area contributed by atoms with Crippen molar-refractivity contribution in [2.75, 3.05) is 20.8 Å². The molecule has 130 valence electrons. The van der Waals surface area contributed by atoms with Crippen LogP contribution in [0, 0.1) is 6.92 Å². The van der Waals surface area contributed by atoms with E-state index >= 15 is 0 Å². The number of aryl methyl sites for hydroxylation is 1. The average molecular weight is 355 g/mol. The smallest absolute Gasteiger partial charge is 0.131 e. The fourth-order valence-corrected chi connectivity index (χ4v) is 3.56. The summed E-state index contributed by atoms with van der Waals surface area (Å²) >= 11 is 1.67. The Bertz CT molecular complexity index is 856. The highest BCUT2D eigenvalue weighted by atomic mass is 32.1. The number of aromatic nitrogens is 1. The number of methoxy groups -OCH3 is 2. The van der Waals surface area contributed by atoms with Crippen molar-refractivity contribution in [3.05, 3.63) is 47.3 Å². The van der Waals surface area contributed by atoms with Gasteiger partial charge in [-0.05, 0) is 50.2 Å². The molecule has 0 spiro atoms. The number of hydrogen-bond acceptors (Lipinski definition) is 5. The molecule has 3 rings (SSSR count). The van der Waals surface area contributed by atoms with Crippen LogP contribution in [0.5, 0.6) is 17.2 Å². The van der Waals surface area contributed by atoms with E-state index in [-0.39, 0.29) is 0 Å². The highest BCUT2D eigenvalue weighted by molar-refractivity contribution is 7.15. The largest absolute Gasteiger partial charge is 0.497 e. The molecule has 2 aromatic carbocycles. The lowest BCUT2D eigenvalue weighted by atomic mass is 10.1. The minimum absolute atomic E-state index is 0.664. The van der Waals surface area contributed by atoms with Crippen LogP contribution < -0.4 is 14.2 Å². The Labute approximate surface area is 152 Å². The van der Waals surface area contributed by atoms with Gasteiger partial charge in [-0.25, -0.2) is 4.98 Å². The van der Waals surface area contributed by atoms with Crippen LogP contribution in [0.25, 0.3) is 21.8 Å². The number of nitrogens with zero attached hydrogens (tertiary/aromatic N) is 1. The van der Waals surface area contributed by atoms with E-state index in [1.165, 1.54) is 0 Å². The molecule has 0 aliphatic rings. The SMILES string of the molecule is CCOc1ccc(-c2nc(-c3ccc(OC)cc3OC)c(C)s2)cc1. The van der Waals surface area contributed by atoms with E-state index < -0.39 is 0 Å². The third kappa shape index (κ3) is 3.61. The summed E-state index contributed by atoms with van der Waals surface area (Å²) in [6, 6.07) is 13.8. The topological polar surface area (TPSA) is 40.6 Å². The van der Waals surface area contributed by atoms with E-state index in [1.807, 2.05) is 49.4 Å². The number of benzene rings is 2. The first-order valence-electron chi connectivity index (χ1n) is 8.09. The van der Waals surface area contributed by atoms with Crippen molar-refractivity contribution < 1.29 is 14.2 Å². The Morgan fingerprint density at radius 1 is 0.960 bits per heavy atom. The predicted molar refractivity (Wildman–Crippen MR) is 102 cm³/mol. The predicted octanol–water partition coefficient (Wildman–Crippen LogP) is 5.20. The first-order valence-corrected chi connectivity index (χ1v) is 8.91. The highest BCUT2D eigenvalue weighted by Gasteiger charge is 2.16. The molecule has 0 atom stereocenters. The van der Waals surface area contributed by atoms with Gasteiger partial charge in [-0.2, -0.15) is 0 Å². The van der Waals surface area contributed by atoms with Crippen molar-refractivity contribution in [3.63, 3.8) is 0 Å². The summed E-state index contributed by atoms with van der Waals surface area (Å²) in [6.45, 7) is 4.72. The highest BCUT2D eigenvalue weighted by Crippen LogP contribution is 2.39. The van der Waals surface area contributed by atoms with Gasteiger partial charge in [0.15, 0.2) is 0 Å². The second kappa shape index (κ2) is 7.57. The van der Waals surface area contributed by atoms with Gasteiger partial charge in [-0.15, -0.1) is 11.3 Å². The molecule has 0 fully saturated rings. The Morgan fingerprint density at radius 3 is 2.32 bits per heavy atom. The minimum Gasteiger partial charge on any atom is -0.497 e. The fraction of sp³-hybridized carbons (Fsp3) is 0.250. The molecule has 25 heavy (non-hydrogen) atoms. The van der Waals surface area contributed by atoms with Crippen LogP contribution in [0.2, 0.25) is 0 Å². The molecule has 0 aliphatic heterocycles. The van der Waals surface area contributed by atoms with Gasteiger partial charge in [0.2, 0.25) is 0 Å². The van der Waals surface area contributed by atoms with E-state index in [0.717, 1.165) is 44.0 Å². The summed E-state index contributed by atoms with van der Waals surface area (Å²) < 4.78 is 16.3. The molecule has 0 unspecified atom stereocenters. The molecule has 1 aromatic heterocycles. The lowest BCUT2D eigenvalue weighted by molar-refractivity contribution is 0.340. The molecule has 4 nitrogen and oxygen atoms in total. The fourth-order valence-electron chi connectivity index (χ4n) is 2.62. The number of ether oxygens (including phenoxy) is 3. The molecule has 0 radical (unpaired) electrons. The monoisotopic (exact) mass is 355 g/mol. The van der Waals surface area contributed by atoms with E-state index in [0.29, 0.717) is 6.61 Å². The van der Waals surface area contributed by atoms with Gasteiger partial charge in [0.25, 0.3) is 0 Å². The van der Waals surface area contributed by atoms with Crippen molar-refractivity contribution in [2.24, 2.45) is 0 Å². The van der Waals surface area contributed by atoms with Crippen LogP contribution in [-0.4, -0.2) is 25.8 Å². The average Bonchev–Trinajstić information content (AvgIpc) is 3.03. The number of rotatable bonds is 6. The van der Waals surface area contributed by atoms with Gasteiger partial charge < -0.3 is 14.2 Å². The maximum Gasteiger partial charge on any atom is 0.131 e. The summed E-state index contributed by atoms with van der Waals surface area (Å²) in [7, 11) is 3.31. The van der Waals surface area contributed by atoms with Crippen molar-refractivity contribution in [1.29, 1.82) is 0 Å². The van der Waals surface area contributed by atoms with Crippen LogP contribution in [0.4, 0.5) is 0 Å². The van der Waals surface area contributed by atoms with Crippen LogP contribution in [0.15, 0.2) is 42.5 Å². The quantitative estimate of drug-likeness (QED) is 0.609. The normalized spacial score (nSPS) is 10.6. The Balaban J connectivity index is 1.98. The van der Waals surface area contributed by atoms with Crippen LogP contribution in [-0.2, 0) is 0 Å². The van der Waals surface area contributed by atoms with Gasteiger partial charge in [-0.1, -0.05) is 0 Å². The molecule has 0 saturated heterocycles. The molecule has 3 aromatic rings. The van der Waals surface area contributed by atoms with Crippen LogP contribution in [0.3, 0.4) is 0 Å². The third-order valence-corrected chi connectivity index (χ3v) is 4.89. The summed E-state index contributed by atoms with van der Waals surface area (Å²) in [5, 5.41) is 0.980. The second-order valence-electron chi connectivity index (χ2n) is 5.45. The molecule has 0 N–H and O–H groups in total. The minimum atomic E-state index is 0.664. The second-order valence-corrected chi connectivity index (χ2v) is 6.65. The van der Waals surface area contributed by atoms with E-state index in [4.69, 9.17) is 19.2 Å². The first-order chi connectivity index (χ1) is 12.2. The summed E-state index contributed by atoms with van der Waals surface area (Å²) in [6.07, 6.45) is 0. The van der Waals surface area contributed by atoms with Crippen LogP contribution in [0.1, 0.15) is 11.8 Å². The molecule has 0 aliphatic carbocycles. The first kappa shape index (κ1) is 17.3. The van der Waals surface area contributed by atoms with Gasteiger partial charge in [0.1, 0.15) is 22.3 Å². The van der Waals surface area contributed by atoms with Crippen molar-refractivity contribution in [1.82, 2.24) is 4.98 Å². The molecule has 0 bridgehead atoms. The van der Waals surface area contributed by atoms with Gasteiger partial charge in [-0.3, -0.25) is 0 Å². The van der Waals surface area contributed by atoms with Gasteiger partial charge in [0, 0.05) is 22.1 Å². The van der Waals surface area contributed by atoms with Crippen LogP contribution >= 0.6 is 11.3 Å². The Kier molecular flexibility index (Phi) is 5.24. The lowest BCUT2D eigenvalue weighted by Gasteiger charge is -2.09. The van der Waals surface area contributed by atoms with Crippen molar-refractivity contribution in [2.45, 2.75) is 13.8 Å². The number of thiazole rings is 1. The molecule has 5 heteroatoms. The maximum absolute atomic E-state index is 5.52. The zero-order valence-corrected chi connectivity index (χ0v) is 15.6. The molecular weight excluding hydrogens is 334 g/mol. The Morgan fingerprint density at radius 2 is 1.68 bits per heavy atom. The Hall–Kier alpha value is -2.53. The summed E-state index contributed by atoms with van der Waals surface area (Å²) in [4.78, 5) is 5.99. The van der Waals surface area contributed by atoms with E-state index in [9.17, 15) is 0 Å². The van der Waals surface area contributed by atoms with Gasteiger partial charge >= 0.3 is 0 Å². The van der Waals surface area contributed by atoms with E-state index in [2.05, 4.69) is 6.92 Å². The summed E-state index contributed by atoms with van der Waals surface area (Å²) in [5.74, 6) is 2.39.